The molecule has 8 nitrogen and oxygen atoms in total. The molecule has 1 saturated heterocycles. The number of carbonyl (C=O) groups excluding carboxylic acids is 3. The summed E-state index contributed by atoms with van der Waals surface area (Å²) in [6.45, 7) is 1.70. The monoisotopic (exact) mass is 356 g/mol. The zero-order valence-corrected chi connectivity index (χ0v) is 14.4. The van der Waals surface area contributed by atoms with Crippen LogP contribution in [0.3, 0.4) is 0 Å². The van der Waals surface area contributed by atoms with E-state index >= 15 is 0 Å². The van der Waals surface area contributed by atoms with Crippen molar-refractivity contribution in [2.45, 2.75) is 38.1 Å². The van der Waals surface area contributed by atoms with Crippen molar-refractivity contribution >= 4 is 17.8 Å². The molecule has 2 aliphatic rings. The molecular formula is C18H20N4O4. The predicted octanol–water partition coefficient (Wildman–Crippen LogP) is 1.47. The highest BCUT2D eigenvalue weighted by Crippen LogP contribution is 2.35. The minimum Gasteiger partial charge on any atom is -0.482 e. The summed E-state index contributed by atoms with van der Waals surface area (Å²) in [6, 6.07) is 7.83. The van der Waals surface area contributed by atoms with Crippen LogP contribution in [0.4, 0.5) is 4.79 Å². The van der Waals surface area contributed by atoms with E-state index in [4.69, 9.17) is 10.00 Å². The number of carbonyl (C=O) groups is 3. The van der Waals surface area contributed by atoms with E-state index in [2.05, 4.69) is 17.7 Å². The summed E-state index contributed by atoms with van der Waals surface area (Å²) in [5, 5.41) is 12.5. The summed E-state index contributed by atoms with van der Waals surface area (Å²) in [6.07, 6.45) is 2.83. The molecule has 1 aromatic rings. The number of hydrazine groups is 1. The van der Waals surface area contributed by atoms with Crippen molar-refractivity contribution in [3.8, 4) is 11.8 Å². The molecule has 1 saturated carbocycles. The Bertz CT molecular complexity index is 778. The molecule has 136 valence electrons. The van der Waals surface area contributed by atoms with Crippen molar-refractivity contribution in [3.63, 3.8) is 0 Å². The smallest absolute Gasteiger partial charge is 0.344 e. The van der Waals surface area contributed by atoms with Crippen molar-refractivity contribution in [1.82, 2.24) is 15.8 Å². The second-order valence-electron chi connectivity index (χ2n) is 6.77. The molecule has 1 spiro atoms. The lowest BCUT2D eigenvalue weighted by atomic mass is 9.77. The molecule has 1 heterocycles. The van der Waals surface area contributed by atoms with Crippen LogP contribution in [-0.2, 0) is 9.59 Å². The number of hydrogen-bond donors (Lipinski definition) is 2. The number of benzene rings is 1. The summed E-state index contributed by atoms with van der Waals surface area (Å²) in [5.41, 5.74) is 1.68. The summed E-state index contributed by atoms with van der Waals surface area (Å²) >= 11 is 0. The molecule has 0 unspecified atom stereocenters. The first-order chi connectivity index (χ1) is 12.4. The Morgan fingerprint density at radius 2 is 2.08 bits per heavy atom. The number of imide groups is 1. The highest BCUT2D eigenvalue weighted by Gasteiger charge is 2.52. The molecule has 8 heteroatoms. The lowest BCUT2D eigenvalue weighted by Crippen LogP contribution is -2.52. The van der Waals surface area contributed by atoms with Crippen LogP contribution in [-0.4, -0.2) is 35.0 Å². The maximum Gasteiger partial charge on any atom is 0.344 e. The molecule has 26 heavy (non-hydrogen) atoms. The van der Waals surface area contributed by atoms with Gasteiger partial charge in [0, 0.05) is 0 Å². The average Bonchev–Trinajstić information content (AvgIpc) is 2.87. The number of ether oxygens (including phenoxy) is 1. The molecule has 0 bridgehead atoms. The number of nitriles is 1. The first-order valence-electron chi connectivity index (χ1n) is 8.53. The summed E-state index contributed by atoms with van der Waals surface area (Å²) in [7, 11) is 0. The molecule has 0 aromatic heterocycles. The van der Waals surface area contributed by atoms with Gasteiger partial charge in [-0.3, -0.25) is 15.0 Å². The number of nitrogens with one attached hydrogen (secondary N) is 2. The number of rotatable bonds is 4. The maximum absolute atomic E-state index is 12.7. The van der Waals surface area contributed by atoms with Crippen LogP contribution in [0.25, 0.3) is 0 Å². The maximum atomic E-state index is 12.7. The Morgan fingerprint density at radius 3 is 2.77 bits per heavy atom. The van der Waals surface area contributed by atoms with Gasteiger partial charge in [-0.2, -0.15) is 10.3 Å². The number of amides is 4. The Morgan fingerprint density at radius 1 is 1.38 bits per heavy atom. The van der Waals surface area contributed by atoms with Crippen LogP contribution in [0.5, 0.6) is 5.75 Å². The first-order valence-corrected chi connectivity index (χ1v) is 8.53. The van der Waals surface area contributed by atoms with E-state index in [0.717, 1.165) is 17.9 Å². The molecule has 0 atom stereocenters. The Kier molecular flexibility index (Phi) is 4.80. The second kappa shape index (κ2) is 7.04. The largest absolute Gasteiger partial charge is 0.482 e. The van der Waals surface area contributed by atoms with Crippen LogP contribution in [0, 0.1) is 17.2 Å². The zero-order chi connectivity index (χ0) is 18.7. The Balaban J connectivity index is 1.60. The van der Waals surface area contributed by atoms with Gasteiger partial charge in [-0.05, 0) is 43.7 Å². The highest BCUT2D eigenvalue weighted by atomic mass is 16.5. The van der Waals surface area contributed by atoms with Gasteiger partial charge in [0.15, 0.2) is 6.61 Å². The van der Waals surface area contributed by atoms with Crippen molar-refractivity contribution in [2.75, 3.05) is 6.61 Å². The van der Waals surface area contributed by atoms with Crippen LogP contribution < -0.4 is 15.5 Å². The van der Waals surface area contributed by atoms with E-state index in [0.29, 0.717) is 24.3 Å². The van der Waals surface area contributed by atoms with E-state index in [1.807, 2.05) is 6.07 Å². The lowest BCUT2D eigenvalue weighted by molar-refractivity contribution is -0.140. The number of hydrogen-bond acceptors (Lipinski definition) is 5. The molecule has 1 aliphatic carbocycles. The van der Waals surface area contributed by atoms with Gasteiger partial charge < -0.3 is 10.1 Å². The van der Waals surface area contributed by atoms with Crippen LogP contribution >= 0.6 is 0 Å². The first kappa shape index (κ1) is 17.7. The van der Waals surface area contributed by atoms with Gasteiger partial charge in [-0.25, -0.2) is 4.79 Å². The third-order valence-electron chi connectivity index (χ3n) is 4.89. The van der Waals surface area contributed by atoms with Crippen molar-refractivity contribution in [2.24, 2.45) is 5.92 Å². The average molecular weight is 356 g/mol. The third-order valence-corrected chi connectivity index (χ3v) is 4.89. The molecule has 0 radical (unpaired) electrons. The minimum absolute atomic E-state index is 0.264. The van der Waals surface area contributed by atoms with Gasteiger partial charge in [0.05, 0.1) is 5.56 Å². The van der Waals surface area contributed by atoms with E-state index in [1.165, 1.54) is 0 Å². The topological polar surface area (TPSA) is 112 Å². The normalized spacial score (nSPS) is 24.9. The number of nitrogens with zero attached hydrogens (tertiary/aromatic N) is 2. The third kappa shape index (κ3) is 3.33. The van der Waals surface area contributed by atoms with Crippen LogP contribution in [0.15, 0.2) is 24.3 Å². The van der Waals surface area contributed by atoms with Gasteiger partial charge in [0.2, 0.25) is 0 Å². The molecule has 3 rings (SSSR count). The fourth-order valence-corrected chi connectivity index (χ4v) is 3.30. The zero-order valence-electron chi connectivity index (χ0n) is 14.4. The SMILES string of the molecule is CC1CCC2(CC1)NC(=O)N(NC(=O)COc1ccccc1C#N)C2=O. The Hall–Kier alpha value is -3.08. The summed E-state index contributed by atoms with van der Waals surface area (Å²) < 4.78 is 5.32. The standard InChI is InChI=1S/C18H20N4O4/c1-12-6-8-18(9-7-12)16(24)22(17(25)20-18)21-15(23)11-26-14-5-3-2-4-13(14)10-19/h2-5,12H,6-9,11H2,1H3,(H,20,25)(H,21,23). The molecule has 4 amide bonds. The van der Waals surface area contributed by atoms with Crippen molar-refractivity contribution < 1.29 is 19.1 Å². The van der Waals surface area contributed by atoms with Gasteiger partial charge in [0.25, 0.3) is 11.8 Å². The van der Waals surface area contributed by atoms with E-state index in [1.54, 1.807) is 24.3 Å². The molecule has 2 fully saturated rings. The van der Waals surface area contributed by atoms with Crippen LogP contribution in [0.2, 0.25) is 0 Å². The minimum atomic E-state index is -0.912. The predicted molar refractivity (Wildman–Crippen MR) is 90.5 cm³/mol. The molecule has 2 N–H and O–H groups in total. The Labute approximate surface area is 151 Å². The van der Waals surface area contributed by atoms with Gasteiger partial charge in [-0.15, -0.1) is 0 Å². The van der Waals surface area contributed by atoms with E-state index in [9.17, 15) is 14.4 Å². The van der Waals surface area contributed by atoms with Gasteiger partial charge in [0.1, 0.15) is 17.4 Å². The van der Waals surface area contributed by atoms with E-state index < -0.39 is 30.0 Å². The lowest BCUT2D eigenvalue weighted by Gasteiger charge is -2.33. The van der Waals surface area contributed by atoms with Gasteiger partial charge >= 0.3 is 6.03 Å². The molecule has 1 aromatic carbocycles. The number of urea groups is 1. The fraction of sp³-hybridized carbons (Fsp3) is 0.444. The highest BCUT2D eigenvalue weighted by molar-refractivity contribution is 6.08. The van der Waals surface area contributed by atoms with Gasteiger partial charge in [-0.1, -0.05) is 19.1 Å². The fourth-order valence-electron chi connectivity index (χ4n) is 3.30. The molecular weight excluding hydrogens is 336 g/mol. The second-order valence-corrected chi connectivity index (χ2v) is 6.77. The van der Waals surface area contributed by atoms with Crippen molar-refractivity contribution in [3.05, 3.63) is 29.8 Å². The number of para-hydroxylation sites is 1. The molecule has 1 aliphatic heterocycles. The van der Waals surface area contributed by atoms with Crippen molar-refractivity contribution in [1.29, 1.82) is 5.26 Å². The quantitative estimate of drug-likeness (QED) is 0.794. The van der Waals surface area contributed by atoms with Crippen LogP contribution in [0.1, 0.15) is 38.2 Å². The summed E-state index contributed by atoms with van der Waals surface area (Å²) in [4.78, 5) is 36.9. The summed E-state index contributed by atoms with van der Waals surface area (Å²) in [5.74, 6) is -0.301. The van der Waals surface area contributed by atoms with E-state index in [-0.39, 0.29) is 5.75 Å².